The molecule has 21 heavy (non-hydrogen) atoms. The second kappa shape index (κ2) is 6.38. The molecule has 5 nitrogen and oxygen atoms in total. The van der Waals surface area contributed by atoms with Gasteiger partial charge in [-0.15, -0.1) is 11.8 Å². The topological polar surface area (TPSA) is 84.2 Å². The van der Waals surface area contributed by atoms with Crippen LogP contribution in [0.15, 0.2) is 52.3 Å². The van der Waals surface area contributed by atoms with E-state index in [0.29, 0.717) is 11.4 Å². The Morgan fingerprint density at radius 3 is 2.48 bits per heavy atom. The third-order valence-corrected chi connectivity index (χ3v) is 5.19. The highest BCUT2D eigenvalue weighted by Gasteiger charge is 2.13. The summed E-state index contributed by atoms with van der Waals surface area (Å²) in [5.41, 5.74) is 7.86. The fourth-order valence-electron chi connectivity index (χ4n) is 1.82. The summed E-state index contributed by atoms with van der Waals surface area (Å²) < 4.78 is 26.0. The molecule has 0 amide bonds. The Kier molecular flexibility index (Phi) is 4.76. The van der Waals surface area contributed by atoms with Gasteiger partial charge in [0.2, 0.25) is 10.0 Å². The van der Waals surface area contributed by atoms with Crippen LogP contribution in [0.1, 0.15) is 0 Å². The molecule has 0 atom stereocenters. The van der Waals surface area contributed by atoms with Crippen molar-refractivity contribution in [2.75, 3.05) is 24.4 Å². The van der Waals surface area contributed by atoms with E-state index in [4.69, 9.17) is 5.73 Å². The van der Waals surface area contributed by atoms with Gasteiger partial charge in [-0.2, -0.15) is 0 Å². The van der Waals surface area contributed by atoms with Gasteiger partial charge < -0.3 is 11.1 Å². The lowest BCUT2D eigenvalue weighted by Gasteiger charge is -2.13. The summed E-state index contributed by atoms with van der Waals surface area (Å²) in [6, 6.07) is 12.3. The van der Waals surface area contributed by atoms with Crippen molar-refractivity contribution in [3.63, 3.8) is 0 Å². The normalized spacial score (nSPS) is 11.3. The minimum atomic E-state index is -3.50. The molecule has 0 unspecified atom stereocenters. The minimum Gasteiger partial charge on any atom is -0.397 e. The maximum absolute atomic E-state index is 11.9. The second-order valence-corrected chi connectivity index (χ2v) is 7.02. The number of hydrogen-bond acceptors (Lipinski definition) is 5. The fraction of sp³-hybridized carbons (Fsp3) is 0.143. The lowest BCUT2D eigenvalue weighted by atomic mass is 10.2. The lowest BCUT2D eigenvalue weighted by Crippen LogP contribution is -2.18. The Hall–Kier alpha value is -1.70. The maximum Gasteiger partial charge on any atom is 0.240 e. The van der Waals surface area contributed by atoms with E-state index in [2.05, 4.69) is 10.0 Å². The van der Waals surface area contributed by atoms with Crippen molar-refractivity contribution in [3.8, 4) is 0 Å². The number of hydrogen-bond donors (Lipinski definition) is 3. The van der Waals surface area contributed by atoms with E-state index < -0.39 is 10.0 Å². The Bertz CT molecular complexity index is 746. The molecule has 2 rings (SSSR count). The standard InChI is InChI=1S/C14H17N3O2S2/c1-16-21(18,19)10-7-8-11(15)13(9-10)17-12-5-3-4-6-14(12)20-2/h3-9,16-17H,15H2,1-2H3. The smallest absolute Gasteiger partial charge is 0.240 e. The molecule has 0 fully saturated rings. The molecule has 112 valence electrons. The van der Waals surface area contributed by atoms with Crippen LogP contribution < -0.4 is 15.8 Å². The number of para-hydroxylation sites is 1. The summed E-state index contributed by atoms with van der Waals surface area (Å²) in [4.78, 5) is 1.22. The first-order valence-electron chi connectivity index (χ1n) is 6.21. The zero-order valence-corrected chi connectivity index (χ0v) is 13.4. The van der Waals surface area contributed by atoms with E-state index in [1.165, 1.54) is 19.2 Å². The molecular formula is C14H17N3O2S2. The van der Waals surface area contributed by atoms with Crippen LogP contribution >= 0.6 is 11.8 Å². The number of sulfonamides is 1. The van der Waals surface area contributed by atoms with Crippen LogP contribution in [0.4, 0.5) is 17.1 Å². The van der Waals surface area contributed by atoms with Crippen LogP contribution in [0.5, 0.6) is 0 Å². The van der Waals surface area contributed by atoms with Crippen molar-refractivity contribution in [1.82, 2.24) is 4.72 Å². The van der Waals surface area contributed by atoms with Crippen molar-refractivity contribution in [2.24, 2.45) is 0 Å². The number of rotatable bonds is 5. The fourth-order valence-corrected chi connectivity index (χ4v) is 3.13. The van der Waals surface area contributed by atoms with Crippen LogP contribution in [-0.4, -0.2) is 21.7 Å². The second-order valence-electron chi connectivity index (χ2n) is 4.28. The Labute approximate surface area is 129 Å². The van der Waals surface area contributed by atoms with Gasteiger partial charge in [0.1, 0.15) is 0 Å². The van der Waals surface area contributed by atoms with Gasteiger partial charge >= 0.3 is 0 Å². The van der Waals surface area contributed by atoms with E-state index in [9.17, 15) is 8.42 Å². The molecule has 0 aromatic heterocycles. The average Bonchev–Trinajstić information content (AvgIpc) is 2.49. The van der Waals surface area contributed by atoms with Crippen molar-refractivity contribution in [1.29, 1.82) is 0 Å². The van der Waals surface area contributed by atoms with Crippen LogP contribution in [0, 0.1) is 0 Å². The number of benzene rings is 2. The zero-order chi connectivity index (χ0) is 15.5. The summed E-state index contributed by atoms with van der Waals surface area (Å²) in [7, 11) is -2.12. The molecule has 0 saturated heterocycles. The Balaban J connectivity index is 2.43. The molecule has 0 heterocycles. The molecule has 0 saturated carbocycles. The molecule has 0 aliphatic rings. The Morgan fingerprint density at radius 2 is 1.81 bits per heavy atom. The monoisotopic (exact) mass is 323 g/mol. The predicted octanol–water partition coefficient (Wildman–Crippen LogP) is 2.64. The molecule has 4 N–H and O–H groups in total. The zero-order valence-electron chi connectivity index (χ0n) is 11.8. The van der Waals surface area contributed by atoms with Crippen molar-refractivity contribution < 1.29 is 8.42 Å². The summed E-state index contributed by atoms with van der Waals surface area (Å²) in [5, 5.41) is 3.19. The van der Waals surface area contributed by atoms with Crippen molar-refractivity contribution in [3.05, 3.63) is 42.5 Å². The summed E-state index contributed by atoms with van der Waals surface area (Å²) in [5.74, 6) is 0. The summed E-state index contributed by atoms with van der Waals surface area (Å²) in [6.07, 6.45) is 1.98. The largest absolute Gasteiger partial charge is 0.397 e. The van der Waals surface area contributed by atoms with Gasteiger partial charge in [-0.3, -0.25) is 0 Å². The van der Waals surface area contributed by atoms with E-state index in [1.807, 2.05) is 30.5 Å². The highest BCUT2D eigenvalue weighted by molar-refractivity contribution is 7.98. The van der Waals surface area contributed by atoms with Crippen molar-refractivity contribution in [2.45, 2.75) is 9.79 Å². The van der Waals surface area contributed by atoms with E-state index >= 15 is 0 Å². The highest BCUT2D eigenvalue weighted by Crippen LogP contribution is 2.31. The van der Waals surface area contributed by atoms with Gasteiger partial charge in [0.05, 0.1) is 22.0 Å². The average molecular weight is 323 g/mol. The van der Waals surface area contributed by atoms with Gasteiger partial charge in [-0.1, -0.05) is 12.1 Å². The molecule has 0 spiro atoms. The number of anilines is 3. The third-order valence-electron chi connectivity index (χ3n) is 2.98. The van der Waals surface area contributed by atoms with Crippen LogP contribution in [0.2, 0.25) is 0 Å². The number of nitrogen functional groups attached to an aromatic ring is 1. The first-order valence-corrected chi connectivity index (χ1v) is 8.92. The van der Waals surface area contributed by atoms with E-state index in [-0.39, 0.29) is 4.90 Å². The van der Waals surface area contributed by atoms with Gasteiger partial charge in [-0.05, 0) is 43.6 Å². The SMILES string of the molecule is CNS(=O)(=O)c1ccc(N)c(Nc2ccccc2SC)c1. The molecule has 0 bridgehead atoms. The van der Waals surface area contributed by atoms with Crippen LogP contribution in [0.3, 0.4) is 0 Å². The molecule has 7 heteroatoms. The van der Waals surface area contributed by atoms with Crippen LogP contribution in [0.25, 0.3) is 0 Å². The van der Waals surface area contributed by atoms with Gasteiger partial charge in [0.25, 0.3) is 0 Å². The highest BCUT2D eigenvalue weighted by atomic mass is 32.2. The molecule has 2 aromatic rings. The maximum atomic E-state index is 11.9. The van der Waals surface area contributed by atoms with E-state index in [1.54, 1.807) is 17.8 Å². The van der Waals surface area contributed by atoms with Crippen LogP contribution in [-0.2, 0) is 10.0 Å². The first-order chi connectivity index (χ1) is 9.97. The molecular weight excluding hydrogens is 306 g/mol. The summed E-state index contributed by atoms with van der Waals surface area (Å²) in [6.45, 7) is 0. The number of nitrogens with one attached hydrogen (secondary N) is 2. The number of nitrogens with two attached hydrogens (primary N) is 1. The van der Waals surface area contributed by atoms with E-state index in [0.717, 1.165) is 10.6 Å². The summed E-state index contributed by atoms with van der Waals surface area (Å²) >= 11 is 1.60. The minimum absolute atomic E-state index is 0.170. The molecule has 0 aliphatic heterocycles. The Morgan fingerprint density at radius 1 is 1.10 bits per heavy atom. The third kappa shape index (κ3) is 3.49. The van der Waals surface area contributed by atoms with Gasteiger partial charge in [-0.25, -0.2) is 13.1 Å². The quantitative estimate of drug-likeness (QED) is 0.582. The first kappa shape index (κ1) is 15.7. The predicted molar refractivity (Wildman–Crippen MR) is 88.6 cm³/mol. The van der Waals surface area contributed by atoms with Crippen molar-refractivity contribution >= 4 is 38.8 Å². The molecule has 2 aromatic carbocycles. The van der Waals surface area contributed by atoms with Gasteiger partial charge in [0, 0.05) is 4.90 Å². The molecule has 0 aliphatic carbocycles. The van der Waals surface area contributed by atoms with Gasteiger partial charge in [0.15, 0.2) is 0 Å². The number of thioether (sulfide) groups is 1. The molecule has 0 radical (unpaired) electrons. The lowest BCUT2D eigenvalue weighted by molar-refractivity contribution is 0.588.